The maximum Gasteiger partial charge on any atom is 0.137 e. The van der Waals surface area contributed by atoms with E-state index in [0.29, 0.717) is 12.2 Å². The summed E-state index contributed by atoms with van der Waals surface area (Å²) in [6, 6.07) is 31.4. The lowest BCUT2D eigenvalue weighted by atomic mass is 9.47. The van der Waals surface area contributed by atoms with Gasteiger partial charge in [-0.1, -0.05) is 91.6 Å². The summed E-state index contributed by atoms with van der Waals surface area (Å²) in [6.07, 6.45) is 14.8. The number of rotatable bonds is 8. The van der Waals surface area contributed by atoms with Gasteiger partial charge in [0, 0.05) is 29.8 Å². The van der Waals surface area contributed by atoms with Crippen molar-refractivity contribution in [1.82, 2.24) is 4.90 Å². The molecule has 4 heteroatoms. The second-order valence-corrected chi connectivity index (χ2v) is 33.5. The average molecular weight is 1270 g/mol. The zero-order valence-corrected chi connectivity index (χ0v) is 53.6. The molecule has 5 aliphatic carbocycles. The third-order valence-electron chi connectivity index (χ3n) is 31.1. The summed E-state index contributed by atoms with van der Waals surface area (Å²) in [7, 11) is 0. The van der Waals surface area contributed by atoms with Gasteiger partial charge in [0.1, 0.15) is 23.5 Å². The van der Waals surface area contributed by atoms with Gasteiger partial charge in [0.15, 0.2) is 0 Å². The summed E-state index contributed by atoms with van der Waals surface area (Å²) < 4.78 is 6.37. The zero-order valence-electron chi connectivity index (χ0n) is 53.6. The number of benzene rings is 21. The molecule has 1 atom stereocenters. The van der Waals surface area contributed by atoms with Crippen molar-refractivity contribution >= 4 is 296 Å². The van der Waals surface area contributed by atoms with Gasteiger partial charge in [0.25, 0.3) is 0 Å². The number of hydrogen-bond donors (Lipinski definition) is 0. The van der Waals surface area contributed by atoms with Crippen LogP contribution in [0.2, 0.25) is 0 Å². The van der Waals surface area contributed by atoms with Gasteiger partial charge < -0.3 is 4.74 Å². The predicted molar refractivity (Wildman–Crippen MR) is 422 cm³/mol. The van der Waals surface area contributed by atoms with Crippen LogP contribution >= 0.6 is 0 Å². The van der Waals surface area contributed by atoms with Crippen LogP contribution < -0.4 is 4.74 Å². The van der Waals surface area contributed by atoms with Gasteiger partial charge in [0.2, 0.25) is 0 Å². The molecule has 0 bridgehead atoms. The van der Waals surface area contributed by atoms with E-state index < -0.39 is 10.8 Å². The van der Waals surface area contributed by atoms with Crippen LogP contribution in [0.5, 0.6) is 5.75 Å². The fraction of sp³-hybridized carbons (Fsp3) is 0.0816. The number of likely N-dealkylation sites (tertiary alicyclic amines) is 1. The molecule has 0 amide bonds. The first-order valence-corrected chi connectivity index (χ1v) is 36.9. The lowest BCUT2D eigenvalue weighted by molar-refractivity contribution is 0.218. The highest BCUT2D eigenvalue weighted by atomic mass is 16.5. The van der Waals surface area contributed by atoms with E-state index >= 15 is 0 Å². The molecule has 1 aliphatic heterocycles. The maximum absolute atomic E-state index is 10.2. The van der Waals surface area contributed by atoms with Crippen LogP contribution in [0.4, 0.5) is 0 Å². The molecule has 1 fully saturated rings. The predicted octanol–water partition coefficient (Wildman–Crippen LogP) is 24.1. The summed E-state index contributed by atoms with van der Waals surface area (Å²) in [5.74, 6) is 8.20. The van der Waals surface area contributed by atoms with Crippen molar-refractivity contribution in [1.29, 1.82) is 10.5 Å². The topological polar surface area (TPSA) is 60.0 Å². The van der Waals surface area contributed by atoms with Gasteiger partial charge in [0.05, 0.1) is 23.5 Å². The van der Waals surface area contributed by atoms with Crippen molar-refractivity contribution in [2.45, 2.75) is 36.8 Å². The van der Waals surface area contributed by atoms with Gasteiger partial charge in [-0.15, -0.1) is 0 Å². The highest BCUT2D eigenvalue weighted by Crippen LogP contribution is 2.87. The normalized spacial score (nSPS) is 20.2. The molecule has 31 aromatic carbocycles. The smallest absolute Gasteiger partial charge is 0.137 e. The van der Waals surface area contributed by atoms with E-state index in [-0.39, 0.29) is 11.6 Å². The van der Waals surface area contributed by atoms with Crippen molar-refractivity contribution in [2.75, 3.05) is 13.2 Å². The minimum Gasteiger partial charge on any atom is -0.494 e. The third-order valence-corrected chi connectivity index (χ3v) is 31.1. The van der Waals surface area contributed by atoms with E-state index in [1.165, 1.54) is 11.1 Å². The second-order valence-electron chi connectivity index (χ2n) is 33.5. The molecule has 37 rings (SSSR count). The number of hydrogen-bond acceptors (Lipinski definition) is 4. The van der Waals surface area contributed by atoms with E-state index in [1.807, 2.05) is 66.8 Å². The van der Waals surface area contributed by atoms with Crippen molar-refractivity contribution in [3.63, 3.8) is 0 Å². The van der Waals surface area contributed by atoms with Crippen LogP contribution in [0.1, 0.15) is 69.5 Å². The Balaban J connectivity index is 0.736. The number of allylic oxidation sites excluding steroid dienone is 10. The molecular weight excluding hydrogens is 1240 g/mol. The Kier molecular flexibility index (Phi) is 5.37. The Morgan fingerprint density at radius 2 is 0.706 bits per heavy atom. The molecule has 31 aromatic rings. The monoisotopic (exact) mass is 1270 g/mol. The summed E-state index contributed by atoms with van der Waals surface area (Å²) in [6.45, 7) is 4.60. The molecule has 102 heavy (non-hydrogen) atoms. The second kappa shape index (κ2) is 12.2. The van der Waals surface area contributed by atoms with Crippen LogP contribution in [0.3, 0.4) is 0 Å². The van der Waals surface area contributed by atoms with Gasteiger partial charge in [-0.05, 0) is 384 Å². The average Bonchev–Trinajstić information content (AvgIpc) is 1.38. The van der Waals surface area contributed by atoms with Gasteiger partial charge >= 0.3 is 0 Å². The minimum absolute atomic E-state index is 0.0667. The third kappa shape index (κ3) is 3.23. The molecule has 1 unspecified atom stereocenters. The van der Waals surface area contributed by atoms with Crippen LogP contribution in [-0.4, -0.2) is 18.1 Å². The van der Waals surface area contributed by atoms with E-state index in [1.54, 1.807) is 313 Å². The minimum atomic E-state index is -0.530. The van der Waals surface area contributed by atoms with Crippen molar-refractivity contribution in [3.8, 4) is 29.7 Å². The molecule has 2 spiro atoms. The van der Waals surface area contributed by atoms with Crippen molar-refractivity contribution in [2.24, 2.45) is 0 Å². The fourth-order valence-corrected chi connectivity index (χ4v) is 29.5. The van der Waals surface area contributed by atoms with Gasteiger partial charge in [-0.25, -0.2) is 0 Å². The van der Waals surface area contributed by atoms with Crippen LogP contribution in [0.15, 0.2) is 126 Å². The molecule has 1 heterocycles. The van der Waals surface area contributed by atoms with E-state index in [4.69, 9.17) is 4.74 Å². The molecule has 0 aromatic heterocycles. The number of nitriles is 2. The Morgan fingerprint density at radius 1 is 0.392 bits per heavy atom. The SMILES string of the molecule is CCCOc1ccc(CN2CC34c5c6c7c8c9c%10c(c%11c%12c3c3c5c5c%13c6c6c7c7c9c9c%14c%10c%10c%11c%11c%12c%12c3c3c5c5c%13c%13c6c6c7c9c7c9c%14c%10c%10c%11c%11c%12c3c3c5c5c%13c6c7c6c9c%10c%11c3c56)C84C2c2ccc(C#Cc3ccc(C(C=C4C=CC=CC=C4)=C(C#N)C#N)cc3)cc2)cc1. The summed E-state index contributed by atoms with van der Waals surface area (Å²) in [4.78, 5) is 3.07. The van der Waals surface area contributed by atoms with Gasteiger partial charge in [-0.2, -0.15) is 10.5 Å². The molecule has 6 aliphatic rings. The highest BCUT2D eigenvalue weighted by Gasteiger charge is 2.76. The summed E-state index contributed by atoms with van der Waals surface area (Å²) in [5.41, 5.74) is 12.7. The number of nitrogens with zero attached hydrogens (tertiary/aromatic N) is 3. The summed E-state index contributed by atoms with van der Waals surface area (Å²) in [5, 5.41) is 108. The standard InChI is InChI=1S/C98H31N3O/c1-2-23-102-36-21-15-32(16-22-36)27-101-28-97-92-84-76-66-56-48-40-38-39-42-46-44(40)52-60-54(46)64-58-50(42)51-43(39)47-45-41(38)49(48)57-63-53(45)61-55(47)65-59(51)69-68(58)80-74(64)82-72(60)78(70(76)62(52)56)86(92)88(82)94-90(80)91-81(69)75(65)83-73(61)79-71(63)77(67(57)66)85(84)93(97)87(79)89(83)95(91)98(94,97)96(101)34-19-13-30(14-20-34)10-9-29-11-17-33(18-12-29)37(35(25-99)26-100)24-31-7-5-3-4-6-8-31/h3-8,11-22,24,96H,2,23,27-28H2,1H3. The van der Waals surface area contributed by atoms with E-state index in [2.05, 4.69) is 84.3 Å². The Labute approximate surface area is 569 Å². The quantitative estimate of drug-likeness (QED) is 0.0864. The molecule has 444 valence electrons. The summed E-state index contributed by atoms with van der Waals surface area (Å²) >= 11 is 0. The molecule has 0 N–H and O–H groups in total. The van der Waals surface area contributed by atoms with Crippen LogP contribution in [-0.2, 0) is 17.4 Å². The molecule has 0 saturated carbocycles. The Hall–Kier alpha value is -12.9. The zero-order chi connectivity index (χ0) is 63.6. The van der Waals surface area contributed by atoms with Gasteiger partial charge in [-0.3, -0.25) is 4.90 Å². The maximum atomic E-state index is 10.2. The first-order valence-electron chi connectivity index (χ1n) is 36.9. The number of ether oxygens (including phenoxy) is 1. The Bertz CT molecular complexity index is 9230. The molecule has 0 radical (unpaired) electrons. The lowest BCUT2D eigenvalue weighted by Crippen LogP contribution is -2.51. The van der Waals surface area contributed by atoms with E-state index in [9.17, 15) is 10.5 Å². The molecule has 4 nitrogen and oxygen atoms in total. The Morgan fingerprint density at radius 3 is 1.03 bits per heavy atom. The molecule has 1 saturated heterocycles. The van der Waals surface area contributed by atoms with Crippen molar-refractivity contribution < 1.29 is 4.74 Å². The largest absolute Gasteiger partial charge is 0.494 e. The van der Waals surface area contributed by atoms with Crippen molar-refractivity contribution in [3.05, 3.63) is 177 Å². The highest BCUT2D eigenvalue weighted by molar-refractivity contribution is 6.82. The van der Waals surface area contributed by atoms with Crippen LogP contribution in [0, 0.1) is 34.5 Å². The van der Waals surface area contributed by atoms with E-state index in [0.717, 1.165) is 47.5 Å². The molecular formula is C98H31N3O. The lowest BCUT2D eigenvalue weighted by Gasteiger charge is -2.52. The fourth-order valence-electron chi connectivity index (χ4n) is 29.5. The first kappa shape index (κ1) is 44.9. The first-order chi connectivity index (χ1) is 50.6. The van der Waals surface area contributed by atoms with Crippen LogP contribution in [0.25, 0.3) is 296 Å².